The van der Waals surface area contributed by atoms with E-state index in [-0.39, 0.29) is 30.6 Å². The zero-order valence-corrected chi connectivity index (χ0v) is 24.1. The molecule has 2 bridgehead atoms. The number of amides is 2. The van der Waals surface area contributed by atoms with Crippen molar-refractivity contribution in [2.45, 2.75) is 56.9 Å². The van der Waals surface area contributed by atoms with E-state index in [0.717, 1.165) is 5.56 Å². The highest BCUT2D eigenvalue weighted by Crippen LogP contribution is 2.51. The van der Waals surface area contributed by atoms with Gasteiger partial charge in [0.05, 0.1) is 0 Å². The fraction of sp³-hybridized carbons (Fsp3) is 0.333. The van der Waals surface area contributed by atoms with Crippen LogP contribution in [0.1, 0.15) is 64.7 Å². The number of nitrogens with one attached hydrogen (secondary N) is 1. The van der Waals surface area contributed by atoms with Gasteiger partial charge in [-0.2, -0.15) is 0 Å². The van der Waals surface area contributed by atoms with Gasteiger partial charge in [0.2, 0.25) is 10.4 Å². The zero-order chi connectivity index (χ0) is 30.5. The number of carbonyl (C=O) groups excluding carboxylic acids is 2. The first-order valence-corrected chi connectivity index (χ1v) is 14.5. The summed E-state index contributed by atoms with van der Waals surface area (Å²) in [4.78, 5) is 48.0. The molecule has 1 spiro atoms. The van der Waals surface area contributed by atoms with Crippen LogP contribution in [-0.4, -0.2) is 43.8 Å². The lowest BCUT2D eigenvalue weighted by Gasteiger charge is -2.41. The van der Waals surface area contributed by atoms with E-state index in [1.807, 2.05) is 19.9 Å². The van der Waals surface area contributed by atoms with Crippen LogP contribution in [0, 0.1) is 17.5 Å². The Bertz CT molecular complexity index is 1690. The zero-order valence-electron chi connectivity index (χ0n) is 23.2. The van der Waals surface area contributed by atoms with Crippen molar-refractivity contribution in [2.75, 3.05) is 6.54 Å². The van der Waals surface area contributed by atoms with Gasteiger partial charge in [0.15, 0.2) is 11.4 Å². The Kier molecular flexibility index (Phi) is 7.45. The van der Waals surface area contributed by atoms with Crippen LogP contribution in [0.2, 0.25) is 0 Å². The van der Waals surface area contributed by atoms with Crippen molar-refractivity contribution in [3.63, 3.8) is 0 Å². The second kappa shape index (κ2) is 11.1. The molecule has 2 aromatic carbocycles. The Hall–Kier alpha value is -4.26. The Labute approximate surface area is 248 Å². The molecule has 43 heavy (non-hydrogen) atoms. The van der Waals surface area contributed by atoms with Crippen molar-refractivity contribution in [3.8, 4) is 5.75 Å². The second-order valence-electron chi connectivity index (χ2n) is 10.7. The molecule has 224 valence electrons. The topological polar surface area (TPSA) is 102 Å². The minimum absolute atomic E-state index is 0.0220. The second-order valence-corrected chi connectivity index (χ2v) is 12.2. The van der Waals surface area contributed by atoms with Crippen LogP contribution >= 0.6 is 11.8 Å². The number of halogens is 3. The molecule has 9 nitrogen and oxygen atoms in total. The molecule has 3 aliphatic rings. The molecular formula is C30H27F3N4O5S. The predicted octanol–water partition coefficient (Wildman–Crippen LogP) is 4.75. The maximum Gasteiger partial charge on any atom is 0.274 e. The van der Waals surface area contributed by atoms with E-state index in [0.29, 0.717) is 30.0 Å². The number of hydrogen-bond acceptors (Lipinski definition) is 7. The van der Waals surface area contributed by atoms with Gasteiger partial charge in [0.25, 0.3) is 11.8 Å². The smallest absolute Gasteiger partial charge is 0.274 e. The van der Waals surface area contributed by atoms with Gasteiger partial charge in [-0.25, -0.2) is 13.2 Å². The molecule has 1 fully saturated rings. The van der Waals surface area contributed by atoms with Crippen molar-refractivity contribution < 1.29 is 32.3 Å². The molecule has 3 aliphatic heterocycles. The molecule has 0 unspecified atom stereocenters. The summed E-state index contributed by atoms with van der Waals surface area (Å²) in [7, 11) is 0. The maximum atomic E-state index is 14.3. The average molecular weight is 613 g/mol. The molecule has 0 saturated carbocycles. The Balaban J connectivity index is 1.45. The van der Waals surface area contributed by atoms with Gasteiger partial charge in [-0.1, -0.05) is 47.2 Å². The van der Waals surface area contributed by atoms with Crippen molar-refractivity contribution in [1.29, 1.82) is 0 Å². The minimum Gasteiger partial charge on any atom is -0.483 e. The van der Waals surface area contributed by atoms with Gasteiger partial charge in [-0.15, -0.1) is 0 Å². The van der Waals surface area contributed by atoms with Gasteiger partial charge < -0.3 is 24.4 Å². The normalized spacial score (nSPS) is 22.5. The van der Waals surface area contributed by atoms with E-state index in [9.17, 15) is 27.6 Å². The van der Waals surface area contributed by atoms with E-state index in [4.69, 9.17) is 9.57 Å². The molecule has 2 amide bonds. The first kappa shape index (κ1) is 28.8. The first-order valence-electron chi connectivity index (χ1n) is 13.7. The Morgan fingerprint density at radius 1 is 1.19 bits per heavy atom. The number of ether oxygens (including phenoxy) is 1. The third-order valence-corrected chi connectivity index (χ3v) is 9.23. The minimum atomic E-state index is -1.18. The van der Waals surface area contributed by atoms with Gasteiger partial charge in [0.1, 0.15) is 40.7 Å². The lowest BCUT2D eigenvalue weighted by molar-refractivity contribution is -0.0119. The quantitative estimate of drug-likeness (QED) is 0.432. The van der Waals surface area contributed by atoms with Crippen molar-refractivity contribution in [3.05, 3.63) is 98.7 Å². The van der Waals surface area contributed by atoms with Crippen LogP contribution in [0.5, 0.6) is 5.75 Å². The van der Waals surface area contributed by atoms with E-state index in [2.05, 4.69) is 10.5 Å². The fourth-order valence-corrected chi connectivity index (χ4v) is 6.90. The van der Waals surface area contributed by atoms with E-state index >= 15 is 0 Å². The van der Waals surface area contributed by atoms with E-state index in [1.54, 1.807) is 33.7 Å². The van der Waals surface area contributed by atoms with E-state index in [1.165, 1.54) is 18.0 Å². The molecule has 13 heteroatoms. The summed E-state index contributed by atoms with van der Waals surface area (Å²) in [5.74, 6) is -5.17. The third-order valence-electron chi connectivity index (χ3n) is 7.96. The summed E-state index contributed by atoms with van der Waals surface area (Å²) in [6.07, 6.45) is 2.42. The lowest BCUT2D eigenvalue weighted by Crippen LogP contribution is -2.51. The molecule has 6 rings (SSSR count). The number of benzene rings is 2. The summed E-state index contributed by atoms with van der Waals surface area (Å²) < 4.78 is 49.5. The highest BCUT2D eigenvalue weighted by molar-refractivity contribution is 8.15. The standard InChI is InChI=1S/C30H27F3N4O5S/c1-16-8-9-30(42-35-17(2)43-30)24-14-36(16)29(40)25-27(41-15-18-6-4-3-5-7-18)26(38)21(13-37(24)25)28(39)34-12-20-22(32)10-19(31)11-23(20)33/h3-7,10-11,13,16,24H,8-9,12,14-15H2,1-2H3,(H,34,39)/t16-,24+,30-/m0/s1. The molecule has 3 aromatic rings. The Morgan fingerprint density at radius 3 is 2.58 bits per heavy atom. The van der Waals surface area contributed by atoms with Crippen LogP contribution in [-0.2, 0) is 18.0 Å². The number of aromatic nitrogens is 1. The summed E-state index contributed by atoms with van der Waals surface area (Å²) >= 11 is 1.42. The van der Waals surface area contributed by atoms with Crippen LogP contribution in [0.15, 0.2) is 58.6 Å². The largest absolute Gasteiger partial charge is 0.483 e. The first-order chi connectivity index (χ1) is 20.6. The number of nitrogens with zero attached hydrogens (tertiary/aromatic N) is 3. The molecule has 4 heterocycles. The molecule has 1 aromatic heterocycles. The van der Waals surface area contributed by atoms with Crippen LogP contribution in [0.25, 0.3) is 0 Å². The lowest BCUT2D eigenvalue weighted by atomic mass is 10.0. The Morgan fingerprint density at radius 2 is 1.91 bits per heavy atom. The number of oxime groups is 1. The molecule has 0 radical (unpaired) electrons. The third kappa shape index (κ3) is 5.15. The number of fused-ring (bicyclic) bond motifs is 5. The van der Waals surface area contributed by atoms with Gasteiger partial charge in [-0.05, 0) is 25.8 Å². The number of carbonyl (C=O) groups is 2. The van der Waals surface area contributed by atoms with Crippen molar-refractivity contribution >= 4 is 28.6 Å². The highest BCUT2D eigenvalue weighted by atomic mass is 32.2. The van der Waals surface area contributed by atoms with Gasteiger partial charge in [-0.3, -0.25) is 14.4 Å². The van der Waals surface area contributed by atoms with Crippen LogP contribution in [0.3, 0.4) is 0 Å². The number of thioether (sulfide) groups is 1. The highest BCUT2D eigenvalue weighted by Gasteiger charge is 2.54. The summed E-state index contributed by atoms with van der Waals surface area (Å²) in [5.41, 5.74) is -1.13. The van der Waals surface area contributed by atoms with Gasteiger partial charge >= 0.3 is 0 Å². The van der Waals surface area contributed by atoms with Gasteiger partial charge in [0, 0.05) is 49.4 Å². The monoisotopic (exact) mass is 612 g/mol. The van der Waals surface area contributed by atoms with Crippen molar-refractivity contribution in [2.24, 2.45) is 5.16 Å². The molecule has 1 saturated heterocycles. The molecule has 0 aliphatic carbocycles. The summed E-state index contributed by atoms with van der Waals surface area (Å²) in [5, 5.41) is 7.22. The summed E-state index contributed by atoms with van der Waals surface area (Å²) in [6, 6.07) is 9.27. The SMILES string of the molecule is CC1=NO[C@@]2(CC[C@H](C)N3C[C@H]2n2cc(C(=O)NCc4c(F)cc(F)cc4F)c(=O)c(OCc4ccccc4)c2C3=O)S1. The van der Waals surface area contributed by atoms with Crippen molar-refractivity contribution in [1.82, 2.24) is 14.8 Å². The average Bonchev–Trinajstić information content (AvgIpc) is 3.30. The molecular weight excluding hydrogens is 585 g/mol. The predicted molar refractivity (Wildman–Crippen MR) is 152 cm³/mol. The number of hydrogen-bond donors (Lipinski definition) is 1. The fourth-order valence-electron chi connectivity index (χ4n) is 5.70. The van der Waals surface area contributed by atoms with Crippen LogP contribution in [0.4, 0.5) is 13.2 Å². The molecule has 1 N–H and O–H groups in total. The molecule has 3 atom stereocenters. The van der Waals surface area contributed by atoms with E-state index < -0.39 is 63.3 Å². The van der Waals surface area contributed by atoms with Crippen LogP contribution < -0.4 is 15.5 Å². The maximum absolute atomic E-state index is 14.3. The number of rotatable bonds is 6. The number of pyridine rings is 1. The summed E-state index contributed by atoms with van der Waals surface area (Å²) in [6.45, 7) is 3.26.